The number of benzene rings is 1. The van der Waals surface area contributed by atoms with Gasteiger partial charge in [-0.1, -0.05) is 12.1 Å². The summed E-state index contributed by atoms with van der Waals surface area (Å²) in [6, 6.07) is 10.5. The molecule has 0 saturated heterocycles. The Labute approximate surface area is 101 Å². The van der Waals surface area contributed by atoms with Crippen LogP contribution >= 0.6 is 0 Å². The van der Waals surface area contributed by atoms with E-state index in [2.05, 4.69) is 41.6 Å². The van der Waals surface area contributed by atoms with E-state index in [1.165, 1.54) is 18.4 Å². The Balaban J connectivity index is 1.67. The molecule has 17 heavy (non-hydrogen) atoms. The molecule has 0 amide bonds. The van der Waals surface area contributed by atoms with Crippen LogP contribution in [0.4, 0.5) is 0 Å². The summed E-state index contributed by atoms with van der Waals surface area (Å²) in [5.74, 6) is 0. The highest BCUT2D eigenvalue weighted by atomic mass is 15.3. The number of aromatic nitrogens is 2. The number of nitrogens with zero attached hydrogens (tertiary/aromatic N) is 2. The van der Waals surface area contributed by atoms with Crippen LogP contribution < -0.4 is 5.32 Å². The van der Waals surface area contributed by atoms with Crippen LogP contribution in [0.3, 0.4) is 0 Å². The predicted octanol–water partition coefficient (Wildman–Crippen LogP) is 2.51. The topological polar surface area (TPSA) is 29.9 Å². The normalized spacial score (nSPS) is 17.0. The highest BCUT2D eigenvalue weighted by Gasteiger charge is 2.36. The van der Waals surface area contributed by atoms with Crippen molar-refractivity contribution < 1.29 is 0 Å². The summed E-state index contributed by atoms with van der Waals surface area (Å²) in [4.78, 5) is 0. The third-order valence-electron chi connectivity index (χ3n) is 3.42. The minimum atomic E-state index is 0.403. The maximum atomic E-state index is 4.21. The van der Waals surface area contributed by atoms with Crippen LogP contribution in [0.15, 0.2) is 42.7 Å². The fourth-order valence-electron chi connectivity index (χ4n) is 1.87. The number of hydrogen-bond acceptors (Lipinski definition) is 2. The molecule has 0 atom stereocenters. The lowest BCUT2D eigenvalue weighted by atomic mass is 10.2. The maximum Gasteiger partial charge on any atom is 0.0645 e. The standard InChI is InChI=1S/C14H17N3/c1-14(7-8-14)15-11-12-3-5-13(6-4-12)17-10-2-9-16-17/h2-6,9-10,15H,7-8,11H2,1H3. The van der Waals surface area contributed by atoms with E-state index in [0.717, 1.165) is 12.2 Å². The van der Waals surface area contributed by atoms with Gasteiger partial charge in [-0.05, 0) is 43.5 Å². The molecule has 0 unspecified atom stereocenters. The molecule has 1 aromatic heterocycles. The summed E-state index contributed by atoms with van der Waals surface area (Å²) >= 11 is 0. The van der Waals surface area contributed by atoms with Gasteiger partial charge in [0.15, 0.2) is 0 Å². The molecule has 3 rings (SSSR count). The average molecular weight is 227 g/mol. The number of hydrogen-bond donors (Lipinski definition) is 1. The van der Waals surface area contributed by atoms with Gasteiger partial charge < -0.3 is 5.32 Å². The van der Waals surface area contributed by atoms with Crippen LogP contribution in [0.2, 0.25) is 0 Å². The molecule has 2 aromatic rings. The molecule has 1 aliphatic rings. The minimum absolute atomic E-state index is 0.403. The highest BCUT2D eigenvalue weighted by molar-refractivity contribution is 5.33. The highest BCUT2D eigenvalue weighted by Crippen LogP contribution is 2.34. The maximum absolute atomic E-state index is 4.21. The Bertz CT molecular complexity index is 481. The zero-order valence-electron chi connectivity index (χ0n) is 10.1. The van der Waals surface area contributed by atoms with E-state index in [1.807, 2.05) is 16.9 Å². The first-order chi connectivity index (χ1) is 8.25. The van der Waals surface area contributed by atoms with Crippen molar-refractivity contribution in [2.45, 2.75) is 31.8 Å². The number of rotatable bonds is 4. The zero-order valence-corrected chi connectivity index (χ0v) is 10.1. The Morgan fingerprint density at radius 1 is 1.29 bits per heavy atom. The van der Waals surface area contributed by atoms with E-state index in [-0.39, 0.29) is 0 Å². The van der Waals surface area contributed by atoms with Crippen molar-refractivity contribution in [3.8, 4) is 5.69 Å². The van der Waals surface area contributed by atoms with Gasteiger partial charge in [0.1, 0.15) is 0 Å². The van der Waals surface area contributed by atoms with Gasteiger partial charge in [-0.2, -0.15) is 5.10 Å². The van der Waals surface area contributed by atoms with E-state index in [9.17, 15) is 0 Å². The molecule has 1 heterocycles. The minimum Gasteiger partial charge on any atom is -0.307 e. The first-order valence-electron chi connectivity index (χ1n) is 6.09. The fraction of sp³-hybridized carbons (Fsp3) is 0.357. The lowest BCUT2D eigenvalue weighted by Crippen LogP contribution is -2.26. The first-order valence-corrected chi connectivity index (χ1v) is 6.09. The van der Waals surface area contributed by atoms with Crippen LogP contribution in [0, 0.1) is 0 Å². The molecule has 1 N–H and O–H groups in total. The Morgan fingerprint density at radius 3 is 2.65 bits per heavy atom. The summed E-state index contributed by atoms with van der Waals surface area (Å²) in [5.41, 5.74) is 2.84. The van der Waals surface area contributed by atoms with Crippen molar-refractivity contribution in [1.82, 2.24) is 15.1 Å². The van der Waals surface area contributed by atoms with Gasteiger partial charge in [0.05, 0.1) is 5.69 Å². The molecule has 0 aliphatic heterocycles. The zero-order chi connectivity index (χ0) is 11.7. The summed E-state index contributed by atoms with van der Waals surface area (Å²) in [5, 5.41) is 7.79. The van der Waals surface area contributed by atoms with Crippen LogP contribution in [-0.4, -0.2) is 15.3 Å². The Kier molecular flexibility index (Phi) is 2.48. The fourth-order valence-corrected chi connectivity index (χ4v) is 1.87. The summed E-state index contributed by atoms with van der Waals surface area (Å²) in [7, 11) is 0. The molecule has 0 spiro atoms. The van der Waals surface area contributed by atoms with Crippen LogP contribution in [0.1, 0.15) is 25.3 Å². The second-order valence-corrected chi connectivity index (χ2v) is 5.03. The molecule has 1 aliphatic carbocycles. The largest absolute Gasteiger partial charge is 0.307 e. The lowest BCUT2D eigenvalue weighted by molar-refractivity contribution is 0.538. The van der Waals surface area contributed by atoms with Gasteiger partial charge >= 0.3 is 0 Å². The smallest absolute Gasteiger partial charge is 0.0645 e. The first kappa shape index (κ1) is 10.5. The third-order valence-corrected chi connectivity index (χ3v) is 3.42. The van der Waals surface area contributed by atoms with Crippen molar-refractivity contribution in [2.24, 2.45) is 0 Å². The molecular weight excluding hydrogens is 210 g/mol. The monoisotopic (exact) mass is 227 g/mol. The molecule has 88 valence electrons. The Morgan fingerprint density at radius 2 is 2.06 bits per heavy atom. The quantitative estimate of drug-likeness (QED) is 0.869. The van der Waals surface area contributed by atoms with Gasteiger partial charge in [-0.25, -0.2) is 4.68 Å². The summed E-state index contributed by atoms with van der Waals surface area (Å²) in [6.45, 7) is 3.24. The van der Waals surface area contributed by atoms with Gasteiger partial charge in [0.2, 0.25) is 0 Å². The number of nitrogens with one attached hydrogen (secondary N) is 1. The van der Waals surface area contributed by atoms with Gasteiger partial charge in [-0.15, -0.1) is 0 Å². The van der Waals surface area contributed by atoms with Gasteiger partial charge in [0.25, 0.3) is 0 Å². The third kappa shape index (κ3) is 2.39. The molecule has 3 heteroatoms. The second kappa shape index (κ2) is 4.00. The molecule has 0 radical (unpaired) electrons. The van der Waals surface area contributed by atoms with Crippen molar-refractivity contribution in [3.05, 3.63) is 48.3 Å². The van der Waals surface area contributed by atoms with Crippen molar-refractivity contribution >= 4 is 0 Å². The van der Waals surface area contributed by atoms with Crippen molar-refractivity contribution in [2.75, 3.05) is 0 Å². The van der Waals surface area contributed by atoms with Crippen LogP contribution in [0.25, 0.3) is 5.69 Å². The van der Waals surface area contributed by atoms with E-state index < -0.39 is 0 Å². The van der Waals surface area contributed by atoms with Gasteiger partial charge in [0, 0.05) is 24.5 Å². The molecule has 1 aromatic carbocycles. The molecular formula is C14H17N3. The summed E-state index contributed by atoms with van der Waals surface area (Å²) in [6.07, 6.45) is 6.36. The van der Waals surface area contributed by atoms with E-state index in [1.54, 1.807) is 6.20 Å². The van der Waals surface area contributed by atoms with Crippen molar-refractivity contribution in [3.63, 3.8) is 0 Å². The van der Waals surface area contributed by atoms with E-state index in [0.29, 0.717) is 5.54 Å². The van der Waals surface area contributed by atoms with Crippen LogP contribution in [0.5, 0.6) is 0 Å². The SMILES string of the molecule is CC1(NCc2ccc(-n3cccn3)cc2)CC1. The van der Waals surface area contributed by atoms with Crippen LogP contribution in [-0.2, 0) is 6.54 Å². The van der Waals surface area contributed by atoms with E-state index in [4.69, 9.17) is 0 Å². The molecule has 0 bridgehead atoms. The van der Waals surface area contributed by atoms with Gasteiger partial charge in [-0.3, -0.25) is 0 Å². The van der Waals surface area contributed by atoms with Crippen molar-refractivity contribution in [1.29, 1.82) is 0 Å². The molecule has 1 saturated carbocycles. The molecule has 1 fully saturated rings. The average Bonchev–Trinajstić information content (AvgIpc) is 2.89. The predicted molar refractivity (Wildman–Crippen MR) is 68.0 cm³/mol. The summed E-state index contributed by atoms with van der Waals surface area (Å²) < 4.78 is 1.87. The molecule has 3 nitrogen and oxygen atoms in total. The Hall–Kier alpha value is -1.61. The van der Waals surface area contributed by atoms with E-state index >= 15 is 0 Å². The lowest BCUT2D eigenvalue weighted by Gasteiger charge is -2.11. The second-order valence-electron chi connectivity index (χ2n) is 5.03.